The highest BCUT2D eigenvalue weighted by Crippen LogP contribution is 2.31. The summed E-state index contributed by atoms with van der Waals surface area (Å²) in [6.45, 7) is 5.58. The van der Waals surface area contributed by atoms with Crippen LogP contribution < -0.4 is 5.32 Å². The van der Waals surface area contributed by atoms with Crippen LogP contribution >= 0.6 is 11.3 Å². The first-order valence-electron chi connectivity index (χ1n) is 9.88. The first-order valence-corrected chi connectivity index (χ1v) is 10.8. The van der Waals surface area contributed by atoms with Crippen LogP contribution in [0.1, 0.15) is 32.4 Å². The number of nitrogens with zero attached hydrogens (tertiary/aromatic N) is 2. The van der Waals surface area contributed by atoms with Gasteiger partial charge in [0.1, 0.15) is 5.01 Å². The lowest BCUT2D eigenvalue weighted by Gasteiger charge is -2.29. The third-order valence-corrected chi connectivity index (χ3v) is 5.82. The highest BCUT2D eigenvalue weighted by atomic mass is 32.1. The topological polar surface area (TPSA) is 91.8 Å². The molecule has 8 heteroatoms. The number of hydrogen-bond acceptors (Lipinski definition) is 5. The van der Waals surface area contributed by atoms with Gasteiger partial charge in [-0.1, -0.05) is 26.0 Å². The molecule has 1 aromatic heterocycles. The number of thiazole rings is 1. The van der Waals surface area contributed by atoms with Gasteiger partial charge >= 0.3 is 12.2 Å². The molecular weight excluding hydrogens is 390 g/mol. The number of likely N-dealkylation sites (tertiary alicyclic amines) is 1. The smallest absolute Gasteiger partial charge is 0.411 e. The zero-order valence-electron chi connectivity index (χ0n) is 16.8. The molecule has 0 bridgehead atoms. The highest BCUT2D eigenvalue weighted by molar-refractivity contribution is 7.13. The molecule has 1 fully saturated rings. The number of para-hydroxylation sites is 1. The molecule has 2 N–H and O–H groups in total. The maximum absolute atomic E-state index is 12.3. The van der Waals surface area contributed by atoms with E-state index in [0.29, 0.717) is 37.5 Å². The van der Waals surface area contributed by atoms with Gasteiger partial charge in [-0.05, 0) is 43.2 Å². The van der Waals surface area contributed by atoms with Crippen LogP contribution in [-0.2, 0) is 11.2 Å². The minimum Gasteiger partial charge on any atom is -0.465 e. The Labute approximate surface area is 174 Å². The Kier molecular flexibility index (Phi) is 7.09. The first-order chi connectivity index (χ1) is 13.9. The number of piperidine rings is 1. The van der Waals surface area contributed by atoms with E-state index in [1.807, 2.05) is 24.3 Å². The molecule has 0 aliphatic carbocycles. The van der Waals surface area contributed by atoms with Gasteiger partial charge in [-0.15, -0.1) is 11.3 Å². The Morgan fingerprint density at radius 1 is 1.31 bits per heavy atom. The summed E-state index contributed by atoms with van der Waals surface area (Å²) >= 11 is 1.57. The number of aromatic nitrogens is 1. The number of rotatable bonds is 6. The van der Waals surface area contributed by atoms with Crippen molar-refractivity contribution in [3.8, 4) is 10.6 Å². The fourth-order valence-corrected chi connectivity index (χ4v) is 4.22. The summed E-state index contributed by atoms with van der Waals surface area (Å²) in [5.41, 5.74) is 2.60. The Morgan fingerprint density at radius 3 is 2.72 bits per heavy atom. The highest BCUT2D eigenvalue weighted by Gasteiger charge is 2.23. The standard InChI is InChI=1S/C21H27N3O4S/c1-14(2)11-16-13-29-19(22-16)17-5-3-4-6-18(17)23-20(25)28-12-15-7-9-24(10-8-15)21(26)27/h3-6,13-15H,7-12H2,1-2H3,(H,23,25)(H,26,27). The Hall–Kier alpha value is -2.61. The number of hydrogen-bond donors (Lipinski definition) is 2. The van der Waals surface area contributed by atoms with E-state index in [2.05, 4.69) is 24.5 Å². The molecule has 1 saturated heterocycles. The van der Waals surface area contributed by atoms with Gasteiger partial charge in [-0.3, -0.25) is 5.32 Å². The van der Waals surface area contributed by atoms with Crippen LogP contribution in [-0.4, -0.2) is 46.9 Å². The molecule has 7 nitrogen and oxygen atoms in total. The van der Waals surface area contributed by atoms with E-state index in [1.54, 1.807) is 11.3 Å². The maximum atomic E-state index is 12.3. The van der Waals surface area contributed by atoms with Crippen molar-refractivity contribution in [3.05, 3.63) is 35.3 Å². The van der Waals surface area contributed by atoms with Crippen LogP contribution in [0, 0.1) is 11.8 Å². The van der Waals surface area contributed by atoms with E-state index in [4.69, 9.17) is 14.8 Å². The van der Waals surface area contributed by atoms with Crippen molar-refractivity contribution in [1.82, 2.24) is 9.88 Å². The number of benzene rings is 1. The molecule has 29 heavy (non-hydrogen) atoms. The zero-order valence-corrected chi connectivity index (χ0v) is 17.6. The number of ether oxygens (including phenoxy) is 1. The summed E-state index contributed by atoms with van der Waals surface area (Å²) < 4.78 is 5.40. The summed E-state index contributed by atoms with van der Waals surface area (Å²) in [6.07, 6.45) is 0.936. The second-order valence-electron chi connectivity index (χ2n) is 7.72. The van der Waals surface area contributed by atoms with E-state index in [1.165, 1.54) is 4.90 Å². The van der Waals surface area contributed by atoms with E-state index in [-0.39, 0.29) is 12.5 Å². The average Bonchev–Trinajstić information content (AvgIpc) is 3.14. The molecule has 0 atom stereocenters. The van der Waals surface area contributed by atoms with Gasteiger partial charge in [0.2, 0.25) is 0 Å². The SMILES string of the molecule is CC(C)Cc1csc(-c2ccccc2NC(=O)OCC2CCN(C(=O)O)CC2)n1. The molecule has 1 aliphatic heterocycles. The number of amides is 2. The molecule has 1 aromatic carbocycles. The van der Waals surface area contributed by atoms with Crippen molar-refractivity contribution in [2.24, 2.45) is 11.8 Å². The largest absolute Gasteiger partial charge is 0.465 e. The number of carbonyl (C=O) groups excluding carboxylic acids is 1. The van der Waals surface area contributed by atoms with Crippen molar-refractivity contribution < 1.29 is 19.4 Å². The van der Waals surface area contributed by atoms with Crippen LogP contribution in [0.3, 0.4) is 0 Å². The molecule has 0 saturated carbocycles. The molecule has 2 amide bonds. The van der Waals surface area contributed by atoms with Crippen LogP contribution in [0.2, 0.25) is 0 Å². The molecule has 0 spiro atoms. The van der Waals surface area contributed by atoms with Gasteiger partial charge in [0.15, 0.2) is 0 Å². The molecule has 1 aliphatic rings. The molecule has 2 heterocycles. The summed E-state index contributed by atoms with van der Waals surface area (Å²) in [5, 5.41) is 14.8. The van der Waals surface area contributed by atoms with Crippen molar-refractivity contribution >= 4 is 29.2 Å². The molecule has 3 rings (SSSR count). The monoisotopic (exact) mass is 417 g/mol. The number of anilines is 1. The second-order valence-corrected chi connectivity index (χ2v) is 8.58. The maximum Gasteiger partial charge on any atom is 0.411 e. The van der Waals surface area contributed by atoms with Gasteiger partial charge in [-0.25, -0.2) is 14.6 Å². The molecule has 156 valence electrons. The lowest BCUT2D eigenvalue weighted by atomic mass is 9.98. The van der Waals surface area contributed by atoms with Crippen molar-refractivity contribution in [1.29, 1.82) is 0 Å². The number of nitrogens with one attached hydrogen (secondary N) is 1. The Balaban J connectivity index is 1.56. The van der Waals surface area contributed by atoms with Crippen LogP contribution in [0.5, 0.6) is 0 Å². The molecular formula is C21H27N3O4S. The summed E-state index contributed by atoms with van der Waals surface area (Å²) in [6, 6.07) is 7.57. The third kappa shape index (κ3) is 5.93. The van der Waals surface area contributed by atoms with E-state index in [9.17, 15) is 9.59 Å². The van der Waals surface area contributed by atoms with E-state index >= 15 is 0 Å². The van der Waals surface area contributed by atoms with Gasteiger partial charge in [0.05, 0.1) is 18.0 Å². The normalized spacial score (nSPS) is 14.8. The first kappa shape index (κ1) is 21.1. The third-order valence-electron chi connectivity index (χ3n) is 4.90. The summed E-state index contributed by atoms with van der Waals surface area (Å²) in [4.78, 5) is 29.4. The zero-order chi connectivity index (χ0) is 20.8. The van der Waals surface area contributed by atoms with Gasteiger partial charge in [-0.2, -0.15) is 0 Å². The lowest BCUT2D eigenvalue weighted by molar-refractivity contribution is 0.0948. The fourth-order valence-electron chi connectivity index (χ4n) is 3.35. The molecule has 2 aromatic rings. The Bertz CT molecular complexity index is 844. The number of carbonyl (C=O) groups is 2. The predicted molar refractivity (Wildman–Crippen MR) is 113 cm³/mol. The molecule has 0 unspecified atom stereocenters. The van der Waals surface area contributed by atoms with E-state index in [0.717, 1.165) is 22.7 Å². The van der Waals surface area contributed by atoms with Crippen LogP contribution in [0.25, 0.3) is 10.6 Å². The lowest BCUT2D eigenvalue weighted by Crippen LogP contribution is -2.38. The summed E-state index contributed by atoms with van der Waals surface area (Å²) in [7, 11) is 0. The summed E-state index contributed by atoms with van der Waals surface area (Å²) in [5.74, 6) is 0.722. The van der Waals surface area contributed by atoms with Crippen molar-refractivity contribution in [2.75, 3.05) is 25.0 Å². The quantitative estimate of drug-likeness (QED) is 0.694. The van der Waals surface area contributed by atoms with E-state index < -0.39 is 12.2 Å². The average molecular weight is 418 g/mol. The predicted octanol–water partition coefficient (Wildman–Crippen LogP) is 4.95. The fraction of sp³-hybridized carbons (Fsp3) is 0.476. The van der Waals surface area contributed by atoms with Crippen LogP contribution in [0.4, 0.5) is 15.3 Å². The van der Waals surface area contributed by atoms with Crippen LogP contribution in [0.15, 0.2) is 29.6 Å². The Morgan fingerprint density at radius 2 is 2.03 bits per heavy atom. The van der Waals surface area contributed by atoms with Gasteiger partial charge in [0.25, 0.3) is 0 Å². The minimum absolute atomic E-state index is 0.184. The number of carboxylic acid groups (broad SMARTS) is 1. The van der Waals surface area contributed by atoms with Gasteiger partial charge < -0.3 is 14.7 Å². The van der Waals surface area contributed by atoms with Crippen molar-refractivity contribution in [3.63, 3.8) is 0 Å². The minimum atomic E-state index is -0.891. The van der Waals surface area contributed by atoms with Gasteiger partial charge in [0, 0.05) is 24.0 Å². The van der Waals surface area contributed by atoms with Crippen molar-refractivity contribution in [2.45, 2.75) is 33.1 Å². The second kappa shape index (κ2) is 9.73. The molecule has 0 radical (unpaired) electrons.